The van der Waals surface area contributed by atoms with Crippen molar-refractivity contribution in [2.75, 3.05) is 6.61 Å². The standard InChI is InChI=1S/C10H19NO/c1-8-7-12-10(11-8)9-5-3-2-4-6-9/h8-11H,2-7H2,1H3. The highest BCUT2D eigenvalue weighted by molar-refractivity contribution is 4.79. The summed E-state index contributed by atoms with van der Waals surface area (Å²) < 4.78 is 5.69. The van der Waals surface area contributed by atoms with Crippen molar-refractivity contribution < 1.29 is 4.74 Å². The minimum atomic E-state index is 0.375. The van der Waals surface area contributed by atoms with Gasteiger partial charge in [-0.1, -0.05) is 19.3 Å². The SMILES string of the molecule is CC1COC(C2CCCCC2)N1. The molecule has 0 aromatic carbocycles. The molecule has 70 valence electrons. The minimum absolute atomic E-state index is 0.375. The average molecular weight is 169 g/mol. The van der Waals surface area contributed by atoms with Gasteiger partial charge in [0.1, 0.15) is 6.23 Å². The molecule has 0 spiro atoms. The van der Waals surface area contributed by atoms with Crippen LogP contribution in [0.4, 0.5) is 0 Å². The molecule has 2 fully saturated rings. The molecule has 0 amide bonds. The molecule has 2 nitrogen and oxygen atoms in total. The third-order valence-electron chi connectivity index (χ3n) is 3.05. The molecule has 0 radical (unpaired) electrons. The number of ether oxygens (including phenoxy) is 1. The summed E-state index contributed by atoms with van der Waals surface area (Å²) in [6, 6.07) is 0.567. The Morgan fingerprint density at radius 3 is 2.50 bits per heavy atom. The van der Waals surface area contributed by atoms with E-state index in [1.165, 1.54) is 32.1 Å². The number of hydrogen-bond donors (Lipinski definition) is 1. The Labute approximate surface area is 74.7 Å². The molecule has 2 heteroatoms. The first-order valence-electron chi connectivity index (χ1n) is 5.24. The van der Waals surface area contributed by atoms with E-state index in [0.29, 0.717) is 12.3 Å². The van der Waals surface area contributed by atoms with E-state index in [1.807, 2.05) is 0 Å². The average Bonchev–Trinajstić information content (AvgIpc) is 2.54. The summed E-state index contributed by atoms with van der Waals surface area (Å²) in [5, 5.41) is 3.50. The normalized spacial score (nSPS) is 38.8. The van der Waals surface area contributed by atoms with Crippen molar-refractivity contribution in [1.82, 2.24) is 5.32 Å². The number of rotatable bonds is 1. The second kappa shape index (κ2) is 3.75. The Hall–Kier alpha value is -0.0800. The van der Waals surface area contributed by atoms with Crippen LogP contribution in [0.5, 0.6) is 0 Å². The summed E-state index contributed by atoms with van der Waals surface area (Å²) in [5.74, 6) is 0.795. The Morgan fingerprint density at radius 1 is 1.17 bits per heavy atom. The van der Waals surface area contributed by atoms with Gasteiger partial charge in [0.25, 0.3) is 0 Å². The van der Waals surface area contributed by atoms with Crippen molar-refractivity contribution in [3.8, 4) is 0 Å². The molecular weight excluding hydrogens is 150 g/mol. The van der Waals surface area contributed by atoms with Crippen molar-refractivity contribution in [2.45, 2.75) is 51.3 Å². The Bertz CT molecular complexity index is 140. The van der Waals surface area contributed by atoms with Gasteiger partial charge in [-0.25, -0.2) is 0 Å². The van der Waals surface area contributed by atoms with Gasteiger partial charge in [0.15, 0.2) is 0 Å². The summed E-state index contributed by atoms with van der Waals surface area (Å²) in [6.07, 6.45) is 7.34. The van der Waals surface area contributed by atoms with Gasteiger partial charge in [0.2, 0.25) is 0 Å². The molecule has 0 aromatic rings. The Balaban J connectivity index is 1.83. The molecule has 1 saturated heterocycles. The van der Waals surface area contributed by atoms with Crippen LogP contribution in [-0.2, 0) is 4.74 Å². The van der Waals surface area contributed by atoms with E-state index < -0.39 is 0 Å². The van der Waals surface area contributed by atoms with Gasteiger partial charge in [-0.2, -0.15) is 0 Å². The van der Waals surface area contributed by atoms with Gasteiger partial charge in [0.05, 0.1) is 6.61 Å². The first-order chi connectivity index (χ1) is 5.86. The van der Waals surface area contributed by atoms with Crippen LogP contribution in [0, 0.1) is 5.92 Å². The van der Waals surface area contributed by atoms with E-state index in [9.17, 15) is 0 Å². The first-order valence-corrected chi connectivity index (χ1v) is 5.24. The molecule has 1 saturated carbocycles. The van der Waals surface area contributed by atoms with Crippen LogP contribution in [0.3, 0.4) is 0 Å². The predicted octanol–water partition coefficient (Wildman–Crippen LogP) is 1.90. The molecule has 1 N–H and O–H groups in total. The zero-order chi connectivity index (χ0) is 8.39. The van der Waals surface area contributed by atoms with Crippen LogP contribution in [-0.4, -0.2) is 18.9 Å². The van der Waals surface area contributed by atoms with Crippen molar-refractivity contribution >= 4 is 0 Å². The van der Waals surface area contributed by atoms with E-state index >= 15 is 0 Å². The van der Waals surface area contributed by atoms with Crippen molar-refractivity contribution in [2.24, 2.45) is 5.92 Å². The maximum Gasteiger partial charge on any atom is 0.111 e. The monoisotopic (exact) mass is 169 g/mol. The lowest BCUT2D eigenvalue weighted by Crippen LogP contribution is -2.35. The largest absolute Gasteiger partial charge is 0.361 e. The van der Waals surface area contributed by atoms with Gasteiger partial charge >= 0.3 is 0 Å². The summed E-state index contributed by atoms with van der Waals surface area (Å²) in [4.78, 5) is 0. The topological polar surface area (TPSA) is 21.3 Å². The number of hydrogen-bond acceptors (Lipinski definition) is 2. The van der Waals surface area contributed by atoms with Crippen LogP contribution in [0.1, 0.15) is 39.0 Å². The smallest absolute Gasteiger partial charge is 0.111 e. The van der Waals surface area contributed by atoms with Crippen LogP contribution in [0.25, 0.3) is 0 Å². The van der Waals surface area contributed by atoms with Gasteiger partial charge in [-0.15, -0.1) is 0 Å². The first kappa shape index (κ1) is 8.52. The molecule has 2 rings (SSSR count). The molecule has 2 atom stereocenters. The fourth-order valence-electron chi connectivity index (χ4n) is 2.33. The highest BCUT2D eigenvalue weighted by Gasteiger charge is 2.29. The van der Waals surface area contributed by atoms with E-state index in [2.05, 4.69) is 12.2 Å². The quantitative estimate of drug-likeness (QED) is 0.647. The molecule has 1 heterocycles. The molecule has 2 aliphatic rings. The molecule has 0 bridgehead atoms. The van der Waals surface area contributed by atoms with Crippen molar-refractivity contribution in [1.29, 1.82) is 0 Å². The number of nitrogens with one attached hydrogen (secondary N) is 1. The highest BCUT2D eigenvalue weighted by atomic mass is 16.5. The molecule has 12 heavy (non-hydrogen) atoms. The zero-order valence-corrected chi connectivity index (χ0v) is 7.88. The summed E-state index contributed by atoms with van der Waals surface area (Å²) in [7, 11) is 0. The maximum absolute atomic E-state index is 5.69. The van der Waals surface area contributed by atoms with Crippen LogP contribution in [0.15, 0.2) is 0 Å². The predicted molar refractivity (Wildman–Crippen MR) is 48.9 cm³/mol. The maximum atomic E-state index is 5.69. The molecule has 0 aromatic heterocycles. The van der Waals surface area contributed by atoms with Crippen LogP contribution < -0.4 is 5.32 Å². The third-order valence-corrected chi connectivity index (χ3v) is 3.05. The molecule has 2 unspecified atom stereocenters. The lowest BCUT2D eigenvalue weighted by Gasteiger charge is -2.26. The minimum Gasteiger partial charge on any atom is -0.361 e. The third kappa shape index (κ3) is 1.80. The Kier molecular flexibility index (Phi) is 2.66. The van der Waals surface area contributed by atoms with Gasteiger partial charge in [-0.05, 0) is 25.7 Å². The summed E-state index contributed by atoms with van der Waals surface area (Å²) in [5.41, 5.74) is 0. The van der Waals surface area contributed by atoms with E-state index in [4.69, 9.17) is 4.74 Å². The van der Waals surface area contributed by atoms with Gasteiger partial charge in [-0.3, -0.25) is 5.32 Å². The zero-order valence-electron chi connectivity index (χ0n) is 7.88. The van der Waals surface area contributed by atoms with Gasteiger partial charge < -0.3 is 4.74 Å². The highest BCUT2D eigenvalue weighted by Crippen LogP contribution is 2.28. The van der Waals surface area contributed by atoms with Crippen LogP contribution >= 0.6 is 0 Å². The second-order valence-electron chi connectivity index (χ2n) is 4.22. The van der Waals surface area contributed by atoms with Crippen LogP contribution in [0.2, 0.25) is 0 Å². The van der Waals surface area contributed by atoms with E-state index in [0.717, 1.165) is 12.5 Å². The fraction of sp³-hybridized carbons (Fsp3) is 1.00. The van der Waals surface area contributed by atoms with Crippen molar-refractivity contribution in [3.05, 3.63) is 0 Å². The van der Waals surface area contributed by atoms with Gasteiger partial charge in [0, 0.05) is 6.04 Å². The Morgan fingerprint density at radius 2 is 1.92 bits per heavy atom. The summed E-state index contributed by atoms with van der Waals surface area (Å²) >= 11 is 0. The molecule has 1 aliphatic carbocycles. The summed E-state index contributed by atoms with van der Waals surface area (Å²) in [6.45, 7) is 3.10. The van der Waals surface area contributed by atoms with Crippen molar-refractivity contribution in [3.63, 3.8) is 0 Å². The lowest BCUT2D eigenvalue weighted by molar-refractivity contribution is 0.0367. The fourth-order valence-corrected chi connectivity index (χ4v) is 2.33. The molecule has 1 aliphatic heterocycles. The van der Waals surface area contributed by atoms with E-state index in [-0.39, 0.29) is 0 Å². The second-order valence-corrected chi connectivity index (χ2v) is 4.22. The lowest BCUT2D eigenvalue weighted by atomic mass is 9.88. The molecular formula is C10H19NO. The van der Waals surface area contributed by atoms with E-state index in [1.54, 1.807) is 0 Å².